The summed E-state index contributed by atoms with van der Waals surface area (Å²) >= 11 is 0. The van der Waals surface area contributed by atoms with Crippen molar-refractivity contribution in [3.8, 4) is 0 Å². The molecule has 0 aliphatic rings. The molecule has 1 heterocycles. The number of aromatic nitrogens is 1. The van der Waals surface area contributed by atoms with E-state index in [1.165, 1.54) is 0 Å². The number of carbonyl (C=O) groups excluding carboxylic acids is 1. The van der Waals surface area contributed by atoms with Gasteiger partial charge in [-0.25, -0.2) is 0 Å². The van der Waals surface area contributed by atoms with Crippen molar-refractivity contribution in [3.63, 3.8) is 0 Å². The maximum atomic E-state index is 11.8. The lowest BCUT2D eigenvalue weighted by Crippen LogP contribution is -2.32. The van der Waals surface area contributed by atoms with E-state index in [4.69, 9.17) is 9.26 Å². The Kier molecular flexibility index (Phi) is 10.1. The van der Waals surface area contributed by atoms with Crippen molar-refractivity contribution in [1.29, 1.82) is 0 Å². The van der Waals surface area contributed by atoms with Crippen molar-refractivity contribution < 1.29 is 14.1 Å². The van der Waals surface area contributed by atoms with E-state index in [1.54, 1.807) is 13.2 Å². The summed E-state index contributed by atoms with van der Waals surface area (Å²) in [4.78, 5) is 11.8. The third-order valence-electron chi connectivity index (χ3n) is 2.94. The van der Waals surface area contributed by atoms with Gasteiger partial charge in [0.15, 0.2) is 0 Å². The summed E-state index contributed by atoms with van der Waals surface area (Å²) in [7, 11) is 1.66. The van der Waals surface area contributed by atoms with Gasteiger partial charge in [-0.2, -0.15) is 0 Å². The minimum Gasteiger partial charge on any atom is -0.383 e. The van der Waals surface area contributed by atoms with Gasteiger partial charge in [0, 0.05) is 38.7 Å². The summed E-state index contributed by atoms with van der Waals surface area (Å²) in [6, 6.07) is 1.71. The van der Waals surface area contributed by atoms with Crippen LogP contribution in [0.3, 0.4) is 0 Å². The lowest BCUT2D eigenvalue weighted by molar-refractivity contribution is 0.0916. The summed E-state index contributed by atoms with van der Waals surface area (Å²) in [5, 5.41) is 9.82. The lowest BCUT2D eigenvalue weighted by atomic mass is 10.1. The zero-order valence-corrected chi connectivity index (χ0v) is 13.1. The molecule has 0 fully saturated rings. The molecule has 6 nitrogen and oxygen atoms in total. The second kappa shape index (κ2) is 10.7. The van der Waals surface area contributed by atoms with Gasteiger partial charge in [0.1, 0.15) is 0 Å². The van der Waals surface area contributed by atoms with E-state index in [1.807, 2.05) is 0 Å². The minimum atomic E-state index is -0.226. The first kappa shape index (κ1) is 18.9. The zero-order chi connectivity index (χ0) is 14.1. The Labute approximate surface area is 126 Å². The topological polar surface area (TPSA) is 76.4 Å². The molecule has 20 heavy (non-hydrogen) atoms. The average Bonchev–Trinajstić information content (AvgIpc) is 2.91. The van der Waals surface area contributed by atoms with Crippen LogP contribution in [-0.2, 0) is 4.74 Å². The molecule has 0 saturated heterocycles. The SMILES string of the molecule is CCC(C)c1cc(C(=O)NCCNCCOC)on1.Cl. The van der Waals surface area contributed by atoms with Gasteiger partial charge in [0.25, 0.3) is 5.91 Å². The fourth-order valence-corrected chi connectivity index (χ4v) is 1.49. The highest BCUT2D eigenvalue weighted by Crippen LogP contribution is 2.17. The van der Waals surface area contributed by atoms with Gasteiger partial charge in [0.2, 0.25) is 5.76 Å². The standard InChI is InChI=1S/C13H23N3O3.ClH/c1-4-10(2)11-9-12(19-16-11)13(17)15-6-5-14-7-8-18-3;/h9-10,14H,4-8H2,1-3H3,(H,15,17);1H. The van der Waals surface area contributed by atoms with Crippen LogP contribution in [0.15, 0.2) is 10.6 Å². The molecule has 0 aliphatic heterocycles. The third-order valence-corrected chi connectivity index (χ3v) is 2.94. The van der Waals surface area contributed by atoms with Gasteiger partial charge in [-0.05, 0) is 6.42 Å². The van der Waals surface area contributed by atoms with Gasteiger partial charge >= 0.3 is 0 Å². The van der Waals surface area contributed by atoms with Crippen molar-refractivity contribution in [2.24, 2.45) is 0 Å². The van der Waals surface area contributed by atoms with Gasteiger partial charge in [-0.3, -0.25) is 4.79 Å². The predicted octanol–water partition coefficient (Wildman–Crippen LogP) is 1.58. The van der Waals surface area contributed by atoms with Crippen molar-refractivity contribution in [2.75, 3.05) is 33.4 Å². The van der Waals surface area contributed by atoms with Crippen LogP contribution in [0.5, 0.6) is 0 Å². The summed E-state index contributed by atoms with van der Waals surface area (Å²) in [6.45, 7) is 6.80. The summed E-state index contributed by atoms with van der Waals surface area (Å²) in [5.74, 6) is 0.351. The molecule has 0 aliphatic carbocycles. The number of hydrogen-bond donors (Lipinski definition) is 2. The Balaban J connectivity index is 0.00000361. The summed E-state index contributed by atoms with van der Waals surface area (Å²) in [5.41, 5.74) is 0.825. The number of rotatable bonds is 9. The first-order valence-corrected chi connectivity index (χ1v) is 6.63. The third kappa shape index (κ3) is 6.36. The monoisotopic (exact) mass is 305 g/mol. The van der Waals surface area contributed by atoms with Crippen LogP contribution in [0.1, 0.15) is 42.4 Å². The van der Waals surface area contributed by atoms with Gasteiger partial charge < -0.3 is 19.9 Å². The maximum Gasteiger partial charge on any atom is 0.289 e. The molecular weight excluding hydrogens is 282 g/mol. The highest BCUT2D eigenvalue weighted by molar-refractivity contribution is 5.91. The second-order valence-electron chi connectivity index (χ2n) is 4.42. The normalized spacial score (nSPS) is 11.8. The van der Waals surface area contributed by atoms with E-state index in [0.29, 0.717) is 25.6 Å². The highest BCUT2D eigenvalue weighted by atomic mass is 35.5. The van der Waals surface area contributed by atoms with E-state index in [-0.39, 0.29) is 24.1 Å². The van der Waals surface area contributed by atoms with Gasteiger partial charge in [-0.15, -0.1) is 12.4 Å². The first-order valence-electron chi connectivity index (χ1n) is 6.63. The quantitative estimate of drug-likeness (QED) is 0.677. The van der Waals surface area contributed by atoms with Crippen LogP contribution in [0.2, 0.25) is 0 Å². The molecule has 1 unspecified atom stereocenters. The van der Waals surface area contributed by atoms with Crippen LogP contribution in [0, 0.1) is 0 Å². The molecule has 2 N–H and O–H groups in total. The Morgan fingerprint density at radius 2 is 2.20 bits per heavy atom. The average molecular weight is 306 g/mol. The smallest absolute Gasteiger partial charge is 0.289 e. The largest absolute Gasteiger partial charge is 0.383 e. The molecule has 0 aromatic carbocycles. The van der Waals surface area contributed by atoms with Gasteiger partial charge in [0.05, 0.1) is 12.3 Å². The Morgan fingerprint density at radius 1 is 1.45 bits per heavy atom. The van der Waals surface area contributed by atoms with Crippen LogP contribution in [0.25, 0.3) is 0 Å². The Morgan fingerprint density at radius 3 is 2.85 bits per heavy atom. The van der Waals surface area contributed by atoms with Crippen LogP contribution >= 0.6 is 12.4 Å². The van der Waals surface area contributed by atoms with Crippen molar-refractivity contribution in [3.05, 3.63) is 17.5 Å². The molecule has 1 rings (SSSR count). The molecule has 1 atom stereocenters. The summed E-state index contributed by atoms with van der Waals surface area (Å²) in [6.07, 6.45) is 0.969. The minimum absolute atomic E-state index is 0. The fraction of sp³-hybridized carbons (Fsp3) is 0.692. The molecule has 0 spiro atoms. The number of halogens is 1. The number of methoxy groups -OCH3 is 1. The maximum absolute atomic E-state index is 11.8. The molecular formula is C13H24ClN3O3. The van der Waals surface area contributed by atoms with E-state index in [2.05, 4.69) is 29.6 Å². The highest BCUT2D eigenvalue weighted by Gasteiger charge is 2.15. The molecule has 1 aromatic heterocycles. The molecule has 1 aromatic rings. The van der Waals surface area contributed by atoms with Crippen LogP contribution in [0.4, 0.5) is 0 Å². The van der Waals surface area contributed by atoms with E-state index >= 15 is 0 Å². The molecule has 1 amide bonds. The van der Waals surface area contributed by atoms with Crippen LogP contribution < -0.4 is 10.6 Å². The van der Waals surface area contributed by atoms with E-state index in [9.17, 15) is 4.79 Å². The van der Waals surface area contributed by atoms with Crippen LogP contribution in [-0.4, -0.2) is 44.4 Å². The Bertz CT molecular complexity index is 385. The van der Waals surface area contributed by atoms with Crippen molar-refractivity contribution in [2.45, 2.75) is 26.2 Å². The fourth-order valence-electron chi connectivity index (χ4n) is 1.49. The molecule has 0 radical (unpaired) electrons. The van der Waals surface area contributed by atoms with Crippen molar-refractivity contribution >= 4 is 18.3 Å². The lowest BCUT2D eigenvalue weighted by Gasteiger charge is -2.04. The van der Waals surface area contributed by atoms with E-state index < -0.39 is 0 Å². The zero-order valence-electron chi connectivity index (χ0n) is 12.3. The molecule has 0 bridgehead atoms. The van der Waals surface area contributed by atoms with E-state index in [0.717, 1.165) is 18.7 Å². The number of hydrogen-bond acceptors (Lipinski definition) is 5. The van der Waals surface area contributed by atoms with Gasteiger partial charge in [-0.1, -0.05) is 19.0 Å². The first-order chi connectivity index (χ1) is 9.19. The second-order valence-corrected chi connectivity index (χ2v) is 4.42. The number of carbonyl (C=O) groups is 1. The molecule has 0 saturated carbocycles. The number of amides is 1. The number of nitrogens with zero attached hydrogens (tertiary/aromatic N) is 1. The molecule has 7 heteroatoms. The van der Waals surface area contributed by atoms with Crippen molar-refractivity contribution in [1.82, 2.24) is 15.8 Å². The molecule has 116 valence electrons. The predicted molar refractivity (Wildman–Crippen MR) is 79.5 cm³/mol. The Hall–Kier alpha value is -1.11. The number of ether oxygens (including phenoxy) is 1. The number of nitrogens with one attached hydrogen (secondary N) is 2. The summed E-state index contributed by atoms with van der Waals surface area (Å²) < 4.78 is 9.94.